The van der Waals surface area contributed by atoms with E-state index in [4.69, 9.17) is 11.5 Å². The summed E-state index contributed by atoms with van der Waals surface area (Å²) in [6, 6.07) is 14.0. The summed E-state index contributed by atoms with van der Waals surface area (Å²) in [7, 11) is 0. The normalized spacial score (nSPS) is 15.6. The minimum atomic E-state index is -0.0390. The fraction of sp³-hybridized carbons (Fsp3) is 0.250. The van der Waals surface area contributed by atoms with Crippen LogP contribution in [-0.4, -0.2) is 40.8 Å². The second kappa shape index (κ2) is 8.35. The molecule has 0 bridgehead atoms. The number of carbonyl (C=O) groups is 1. The highest BCUT2D eigenvalue weighted by atomic mass is 16.4. The molecule has 5 N–H and O–H groups in total. The van der Waals surface area contributed by atoms with E-state index in [1.165, 1.54) is 0 Å². The first-order valence-corrected chi connectivity index (χ1v) is 8.91. The number of anilines is 1. The minimum absolute atomic E-state index is 0.0390. The van der Waals surface area contributed by atoms with E-state index < -0.39 is 0 Å². The van der Waals surface area contributed by atoms with Gasteiger partial charge in [-0.1, -0.05) is 35.5 Å². The molecule has 1 heterocycles. The first-order valence-electron chi connectivity index (χ1n) is 8.91. The molecule has 27 heavy (non-hydrogen) atoms. The maximum atomic E-state index is 12.7. The van der Waals surface area contributed by atoms with Crippen molar-refractivity contribution in [3.63, 3.8) is 0 Å². The van der Waals surface area contributed by atoms with E-state index in [9.17, 15) is 10.0 Å². The van der Waals surface area contributed by atoms with Gasteiger partial charge in [-0.25, -0.2) is 4.99 Å². The molecule has 1 amide bonds. The van der Waals surface area contributed by atoms with E-state index in [0.717, 1.165) is 32.4 Å². The third kappa shape index (κ3) is 4.25. The van der Waals surface area contributed by atoms with E-state index in [-0.39, 0.29) is 17.6 Å². The summed E-state index contributed by atoms with van der Waals surface area (Å²) >= 11 is 0. The van der Waals surface area contributed by atoms with Crippen LogP contribution in [0.3, 0.4) is 0 Å². The number of aliphatic imine (C=N–C) groups is 1. The highest BCUT2D eigenvalue weighted by Crippen LogP contribution is 2.18. The molecular formula is C20H23N5O2. The molecule has 0 aliphatic carbocycles. The van der Waals surface area contributed by atoms with Gasteiger partial charge in [0, 0.05) is 35.5 Å². The van der Waals surface area contributed by atoms with Crippen molar-refractivity contribution in [1.82, 2.24) is 4.90 Å². The van der Waals surface area contributed by atoms with Gasteiger partial charge in [0.2, 0.25) is 0 Å². The number of nitrogens with two attached hydrogens (primary N) is 2. The Morgan fingerprint density at radius 2 is 1.70 bits per heavy atom. The number of amidine groups is 2. The first kappa shape index (κ1) is 18.4. The van der Waals surface area contributed by atoms with Gasteiger partial charge >= 0.3 is 0 Å². The number of nitrogen functional groups attached to an aromatic ring is 1. The Hall–Kier alpha value is -3.35. The number of nitrogens with zero attached hydrogens (tertiary/aromatic N) is 3. The van der Waals surface area contributed by atoms with Gasteiger partial charge in [-0.05, 0) is 37.5 Å². The fourth-order valence-electron chi connectivity index (χ4n) is 3.10. The molecule has 7 nitrogen and oxygen atoms in total. The van der Waals surface area contributed by atoms with Crippen molar-refractivity contribution >= 4 is 23.3 Å². The molecule has 0 saturated carbocycles. The number of benzene rings is 2. The van der Waals surface area contributed by atoms with Crippen molar-refractivity contribution in [2.45, 2.75) is 19.3 Å². The number of amides is 1. The second-order valence-electron chi connectivity index (χ2n) is 6.44. The highest BCUT2D eigenvalue weighted by molar-refractivity contribution is 6.13. The molecule has 2 aromatic rings. The summed E-state index contributed by atoms with van der Waals surface area (Å²) in [5.74, 6) is 0.112. The van der Waals surface area contributed by atoms with E-state index in [1.54, 1.807) is 42.5 Å². The molecule has 140 valence electrons. The maximum Gasteiger partial charge on any atom is 0.253 e. The number of oxime groups is 1. The predicted octanol–water partition coefficient (Wildman–Crippen LogP) is 2.44. The third-order valence-corrected chi connectivity index (χ3v) is 4.57. The largest absolute Gasteiger partial charge is 0.409 e. The minimum Gasteiger partial charge on any atom is -0.409 e. The molecule has 0 unspecified atom stereocenters. The van der Waals surface area contributed by atoms with Crippen LogP contribution in [0.5, 0.6) is 0 Å². The highest BCUT2D eigenvalue weighted by Gasteiger charge is 2.19. The SMILES string of the molecule is NC(=N/C(=N/O)c1ccccc1)c1cc(C(=O)N2CCCCC2)ccc1N. The van der Waals surface area contributed by atoms with Crippen LogP contribution >= 0.6 is 0 Å². The first-order chi connectivity index (χ1) is 13.1. The maximum absolute atomic E-state index is 12.7. The summed E-state index contributed by atoms with van der Waals surface area (Å²) in [6.45, 7) is 1.52. The Morgan fingerprint density at radius 3 is 2.37 bits per heavy atom. The molecule has 1 aliphatic rings. The average Bonchev–Trinajstić information content (AvgIpc) is 2.73. The standard InChI is InChI=1S/C20H23N5O2/c21-17-10-9-15(20(26)25-11-5-2-6-12-25)13-16(17)18(22)23-19(24-27)14-7-3-1-4-8-14/h1,3-4,7-10,13,27H,2,5-6,11-12,21H2,(H2,22,23,24). The quantitative estimate of drug-likeness (QED) is 0.254. The van der Waals surface area contributed by atoms with Gasteiger partial charge in [0.05, 0.1) is 0 Å². The smallest absolute Gasteiger partial charge is 0.253 e. The lowest BCUT2D eigenvalue weighted by Gasteiger charge is -2.27. The molecule has 0 spiro atoms. The number of hydrogen-bond donors (Lipinski definition) is 3. The van der Waals surface area contributed by atoms with Crippen LogP contribution in [-0.2, 0) is 0 Å². The number of carbonyl (C=O) groups excluding carboxylic acids is 1. The Balaban J connectivity index is 1.90. The lowest BCUT2D eigenvalue weighted by molar-refractivity contribution is 0.0724. The Morgan fingerprint density at radius 1 is 1.00 bits per heavy atom. The van der Waals surface area contributed by atoms with E-state index in [1.807, 2.05) is 11.0 Å². The van der Waals surface area contributed by atoms with Crippen molar-refractivity contribution in [1.29, 1.82) is 0 Å². The van der Waals surface area contributed by atoms with E-state index in [2.05, 4.69) is 10.1 Å². The molecule has 1 saturated heterocycles. The van der Waals surface area contributed by atoms with E-state index >= 15 is 0 Å². The fourth-order valence-corrected chi connectivity index (χ4v) is 3.10. The number of hydrogen-bond acceptors (Lipinski definition) is 4. The predicted molar refractivity (Wildman–Crippen MR) is 106 cm³/mol. The molecule has 1 fully saturated rings. The number of piperidine rings is 1. The summed E-state index contributed by atoms with van der Waals surface area (Å²) in [4.78, 5) is 18.8. The Labute approximate surface area is 158 Å². The summed E-state index contributed by atoms with van der Waals surface area (Å²) in [5.41, 5.74) is 14.1. The van der Waals surface area contributed by atoms with E-state index in [0.29, 0.717) is 22.4 Å². The summed E-state index contributed by atoms with van der Waals surface area (Å²) in [5, 5.41) is 12.5. The van der Waals surface area contributed by atoms with Crippen molar-refractivity contribution in [3.8, 4) is 0 Å². The molecule has 2 aromatic carbocycles. The van der Waals surface area contributed by atoms with Gasteiger partial charge < -0.3 is 21.6 Å². The van der Waals surface area contributed by atoms with Gasteiger partial charge in [-0.3, -0.25) is 4.79 Å². The molecule has 1 aliphatic heterocycles. The van der Waals surface area contributed by atoms with Gasteiger partial charge in [0.1, 0.15) is 5.84 Å². The lowest BCUT2D eigenvalue weighted by Crippen LogP contribution is -2.35. The van der Waals surface area contributed by atoms with Crippen molar-refractivity contribution in [2.75, 3.05) is 18.8 Å². The second-order valence-corrected chi connectivity index (χ2v) is 6.44. The molecule has 3 rings (SSSR count). The number of likely N-dealkylation sites (tertiary alicyclic amines) is 1. The van der Waals surface area contributed by atoms with Crippen molar-refractivity contribution in [3.05, 3.63) is 65.2 Å². The number of rotatable bonds is 3. The lowest BCUT2D eigenvalue weighted by atomic mass is 10.0. The zero-order valence-electron chi connectivity index (χ0n) is 15.0. The third-order valence-electron chi connectivity index (χ3n) is 4.57. The van der Waals surface area contributed by atoms with Gasteiger partial charge in [-0.2, -0.15) is 0 Å². The van der Waals surface area contributed by atoms with Crippen LogP contribution in [0, 0.1) is 0 Å². The van der Waals surface area contributed by atoms with Gasteiger partial charge in [-0.15, -0.1) is 0 Å². The van der Waals surface area contributed by atoms with Crippen LogP contribution in [0.15, 0.2) is 58.7 Å². The molecule has 0 aromatic heterocycles. The van der Waals surface area contributed by atoms with Crippen LogP contribution in [0.4, 0.5) is 5.69 Å². The topological polar surface area (TPSA) is 117 Å². The molecule has 0 atom stereocenters. The van der Waals surface area contributed by atoms with Gasteiger partial charge in [0.15, 0.2) is 5.84 Å². The average molecular weight is 365 g/mol. The van der Waals surface area contributed by atoms with Crippen molar-refractivity contribution < 1.29 is 10.0 Å². The zero-order valence-corrected chi connectivity index (χ0v) is 15.0. The van der Waals surface area contributed by atoms with Crippen LogP contribution < -0.4 is 11.5 Å². The van der Waals surface area contributed by atoms with Crippen LogP contribution in [0.2, 0.25) is 0 Å². The molecule has 7 heteroatoms. The Bertz CT molecular complexity index is 871. The zero-order chi connectivity index (χ0) is 19.2. The van der Waals surface area contributed by atoms with Gasteiger partial charge in [0.25, 0.3) is 5.91 Å². The molecular weight excluding hydrogens is 342 g/mol. The monoisotopic (exact) mass is 365 g/mol. The Kier molecular flexibility index (Phi) is 5.71. The summed E-state index contributed by atoms with van der Waals surface area (Å²) in [6.07, 6.45) is 3.19. The molecule has 0 radical (unpaired) electrons. The van der Waals surface area contributed by atoms with Crippen molar-refractivity contribution in [2.24, 2.45) is 15.9 Å². The van der Waals surface area contributed by atoms with Crippen LogP contribution in [0.1, 0.15) is 40.7 Å². The summed E-state index contributed by atoms with van der Waals surface area (Å²) < 4.78 is 0. The van der Waals surface area contributed by atoms with Crippen LogP contribution in [0.25, 0.3) is 0 Å².